The summed E-state index contributed by atoms with van der Waals surface area (Å²) in [5.74, 6) is 0.834. The van der Waals surface area contributed by atoms with E-state index in [9.17, 15) is 8.42 Å². The van der Waals surface area contributed by atoms with Gasteiger partial charge in [-0.2, -0.15) is 0 Å². The topological polar surface area (TPSA) is 70.6 Å². The van der Waals surface area contributed by atoms with E-state index >= 15 is 0 Å². The summed E-state index contributed by atoms with van der Waals surface area (Å²) in [7, 11) is -1.23. The minimum absolute atomic E-state index is 0. The third kappa shape index (κ3) is 11.9. The molecular weight excluding hydrogens is 353 g/mol. The number of halogens is 1. The Morgan fingerprint density at radius 1 is 1.53 bits per heavy atom. The van der Waals surface area contributed by atoms with Crippen molar-refractivity contribution >= 4 is 39.8 Å². The monoisotopic (exact) mass is 375 g/mol. The smallest absolute Gasteiger partial charge is 0.191 e. The van der Waals surface area contributed by atoms with Gasteiger partial charge in [0.1, 0.15) is 9.84 Å². The van der Waals surface area contributed by atoms with E-state index in [4.69, 9.17) is 0 Å². The van der Waals surface area contributed by atoms with Crippen molar-refractivity contribution in [2.75, 3.05) is 25.6 Å². The van der Waals surface area contributed by atoms with Crippen LogP contribution in [0.15, 0.2) is 17.6 Å². The summed E-state index contributed by atoms with van der Waals surface area (Å²) in [5.41, 5.74) is 0. The Balaban J connectivity index is 0. The molecule has 0 aromatic rings. The molecule has 0 spiro atoms. The van der Waals surface area contributed by atoms with Gasteiger partial charge in [-0.25, -0.2) is 8.42 Å². The van der Waals surface area contributed by atoms with Crippen LogP contribution in [0.5, 0.6) is 0 Å². The summed E-state index contributed by atoms with van der Waals surface area (Å²) in [6, 6.07) is 0.0609. The van der Waals surface area contributed by atoms with Crippen molar-refractivity contribution in [3.05, 3.63) is 12.7 Å². The van der Waals surface area contributed by atoms with Crippen LogP contribution in [0.2, 0.25) is 0 Å². The molecule has 5 nitrogen and oxygen atoms in total. The third-order valence-corrected chi connectivity index (χ3v) is 2.92. The van der Waals surface area contributed by atoms with Gasteiger partial charge in [0.25, 0.3) is 0 Å². The number of aliphatic imine (C=N–C) groups is 1. The molecule has 0 aliphatic rings. The van der Waals surface area contributed by atoms with E-state index < -0.39 is 9.84 Å². The van der Waals surface area contributed by atoms with E-state index in [0.717, 1.165) is 0 Å². The number of sulfone groups is 1. The number of hydrogen-bond donors (Lipinski definition) is 2. The second-order valence-corrected chi connectivity index (χ2v) is 5.97. The lowest BCUT2D eigenvalue weighted by Gasteiger charge is -2.16. The van der Waals surface area contributed by atoms with E-state index in [1.54, 1.807) is 13.1 Å². The molecule has 0 heterocycles. The van der Waals surface area contributed by atoms with Crippen LogP contribution in [0.1, 0.15) is 13.3 Å². The van der Waals surface area contributed by atoms with Crippen LogP contribution in [-0.4, -0.2) is 46.0 Å². The quantitative estimate of drug-likeness (QED) is 0.312. The molecule has 1 unspecified atom stereocenters. The fraction of sp³-hybridized carbons (Fsp3) is 0.700. The highest BCUT2D eigenvalue weighted by Crippen LogP contribution is 1.95. The van der Waals surface area contributed by atoms with Crippen molar-refractivity contribution < 1.29 is 8.42 Å². The molecule has 0 aliphatic carbocycles. The number of guanidine groups is 1. The lowest BCUT2D eigenvalue weighted by Crippen LogP contribution is -2.42. The summed E-state index contributed by atoms with van der Waals surface area (Å²) < 4.78 is 22.0. The summed E-state index contributed by atoms with van der Waals surface area (Å²) in [4.78, 5) is 4.01. The maximum atomic E-state index is 11.0. The van der Waals surface area contributed by atoms with Gasteiger partial charge in [-0.15, -0.1) is 30.6 Å². The highest BCUT2D eigenvalue weighted by Gasteiger charge is 2.08. The van der Waals surface area contributed by atoms with E-state index in [1.165, 1.54) is 6.26 Å². The lowest BCUT2D eigenvalue weighted by molar-refractivity contribution is 0.582. The van der Waals surface area contributed by atoms with Gasteiger partial charge in [-0.1, -0.05) is 6.08 Å². The minimum Gasteiger partial charge on any atom is -0.354 e. The van der Waals surface area contributed by atoms with Gasteiger partial charge in [-0.05, 0) is 13.3 Å². The first-order chi connectivity index (χ1) is 7.39. The molecule has 102 valence electrons. The number of rotatable bonds is 6. The summed E-state index contributed by atoms with van der Waals surface area (Å²) in [6.45, 7) is 6.14. The van der Waals surface area contributed by atoms with Gasteiger partial charge < -0.3 is 10.6 Å². The molecule has 1 atom stereocenters. The Labute approximate surface area is 121 Å². The van der Waals surface area contributed by atoms with Crippen molar-refractivity contribution in [1.82, 2.24) is 10.6 Å². The normalized spacial score (nSPS) is 13.5. The molecule has 17 heavy (non-hydrogen) atoms. The van der Waals surface area contributed by atoms with Crippen LogP contribution in [0.3, 0.4) is 0 Å². The van der Waals surface area contributed by atoms with Gasteiger partial charge in [0.05, 0.1) is 5.75 Å². The van der Waals surface area contributed by atoms with Crippen LogP contribution in [0.25, 0.3) is 0 Å². The zero-order valence-electron chi connectivity index (χ0n) is 10.6. The first-order valence-corrected chi connectivity index (χ1v) is 7.21. The molecule has 2 N–H and O–H groups in total. The second-order valence-electron chi connectivity index (χ2n) is 3.71. The molecule has 0 aliphatic heterocycles. The van der Waals surface area contributed by atoms with Crippen LogP contribution < -0.4 is 10.6 Å². The molecule has 0 radical (unpaired) electrons. The molecule has 0 saturated carbocycles. The van der Waals surface area contributed by atoms with Crippen molar-refractivity contribution in [2.24, 2.45) is 4.99 Å². The number of hydrogen-bond acceptors (Lipinski definition) is 3. The van der Waals surface area contributed by atoms with Crippen molar-refractivity contribution in [2.45, 2.75) is 19.4 Å². The van der Waals surface area contributed by atoms with E-state index in [-0.39, 0.29) is 35.8 Å². The number of nitrogens with zero attached hydrogens (tertiary/aromatic N) is 1. The average molecular weight is 375 g/mol. The van der Waals surface area contributed by atoms with Gasteiger partial charge in [-0.3, -0.25) is 4.99 Å². The second kappa shape index (κ2) is 9.69. The van der Waals surface area contributed by atoms with Gasteiger partial charge >= 0.3 is 0 Å². The molecule has 0 saturated heterocycles. The van der Waals surface area contributed by atoms with Gasteiger partial charge in [0, 0.05) is 25.9 Å². The first kappa shape index (κ1) is 19.0. The maximum Gasteiger partial charge on any atom is 0.191 e. The fourth-order valence-electron chi connectivity index (χ4n) is 1.06. The largest absolute Gasteiger partial charge is 0.354 e. The first-order valence-electron chi connectivity index (χ1n) is 5.15. The van der Waals surface area contributed by atoms with Gasteiger partial charge in [0.2, 0.25) is 0 Å². The Bertz CT molecular complexity index is 341. The summed E-state index contributed by atoms with van der Waals surface area (Å²) in [6.07, 6.45) is 3.53. The SMILES string of the molecule is C=CCNC(=NC)NC(C)CCS(C)(=O)=O.I. The highest BCUT2D eigenvalue weighted by atomic mass is 127. The molecule has 0 bridgehead atoms. The Morgan fingerprint density at radius 3 is 2.53 bits per heavy atom. The predicted molar refractivity (Wildman–Crippen MR) is 83.9 cm³/mol. The van der Waals surface area contributed by atoms with Crippen LogP contribution in [0.4, 0.5) is 0 Å². The third-order valence-electron chi connectivity index (χ3n) is 1.94. The van der Waals surface area contributed by atoms with Crippen LogP contribution in [0, 0.1) is 0 Å². The van der Waals surface area contributed by atoms with E-state index in [2.05, 4.69) is 22.2 Å². The minimum atomic E-state index is -2.90. The van der Waals surface area contributed by atoms with Crippen LogP contribution in [-0.2, 0) is 9.84 Å². The predicted octanol–water partition coefficient (Wildman–Crippen LogP) is 0.779. The highest BCUT2D eigenvalue weighted by molar-refractivity contribution is 14.0. The Kier molecular flexibility index (Phi) is 10.9. The molecule has 0 aromatic carbocycles. The fourth-order valence-corrected chi connectivity index (χ4v) is 1.84. The van der Waals surface area contributed by atoms with Crippen LogP contribution >= 0.6 is 24.0 Å². The standard InChI is InChI=1S/C10H21N3O2S.HI/c1-5-7-12-10(11-3)13-9(2)6-8-16(4,14)15;/h5,9H,1,6-8H2,2-4H3,(H2,11,12,13);1H. The van der Waals surface area contributed by atoms with E-state index in [1.807, 2.05) is 6.92 Å². The van der Waals surface area contributed by atoms with Crippen molar-refractivity contribution in [1.29, 1.82) is 0 Å². The maximum absolute atomic E-state index is 11.0. The zero-order valence-corrected chi connectivity index (χ0v) is 13.7. The molecular formula is C10H22IN3O2S. The Hall–Kier alpha value is -0.310. The van der Waals surface area contributed by atoms with Gasteiger partial charge in [0.15, 0.2) is 5.96 Å². The lowest BCUT2D eigenvalue weighted by atomic mass is 10.3. The molecule has 0 fully saturated rings. The molecule has 0 aromatic heterocycles. The van der Waals surface area contributed by atoms with E-state index in [0.29, 0.717) is 18.9 Å². The van der Waals surface area contributed by atoms with Crippen molar-refractivity contribution in [3.63, 3.8) is 0 Å². The number of nitrogens with one attached hydrogen (secondary N) is 2. The van der Waals surface area contributed by atoms with Crippen molar-refractivity contribution in [3.8, 4) is 0 Å². The average Bonchev–Trinajstić information content (AvgIpc) is 2.20. The summed E-state index contributed by atoms with van der Waals surface area (Å²) >= 11 is 0. The molecule has 0 amide bonds. The zero-order chi connectivity index (χ0) is 12.6. The molecule has 7 heteroatoms. The molecule has 0 rings (SSSR count). The summed E-state index contributed by atoms with van der Waals surface area (Å²) in [5, 5.41) is 6.12. The Morgan fingerprint density at radius 2 is 2.12 bits per heavy atom.